The molecule has 0 saturated carbocycles. The highest BCUT2D eigenvalue weighted by Crippen LogP contribution is 2.28. The normalized spacial score (nSPS) is 11.2. The van der Waals surface area contributed by atoms with E-state index in [0.717, 1.165) is 16.7 Å². The molecule has 26 heavy (non-hydrogen) atoms. The summed E-state index contributed by atoms with van der Waals surface area (Å²) < 4.78 is 5.94. The maximum atomic E-state index is 13.0. The molecule has 3 aromatic carbocycles. The lowest BCUT2D eigenvalue weighted by Gasteiger charge is -2.20. The summed E-state index contributed by atoms with van der Waals surface area (Å²) >= 11 is 0. The highest BCUT2D eigenvalue weighted by Gasteiger charge is 2.21. The van der Waals surface area contributed by atoms with Gasteiger partial charge in [0.1, 0.15) is 0 Å². The second-order valence-corrected chi connectivity index (χ2v) is 5.79. The van der Waals surface area contributed by atoms with Gasteiger partial charge in [-0.15, -0.1) is 0 Å². The third-order valence-corrected chi connectivity index (χ3v) is 4.02. The van der Waals surface area contributed by atoms with Gasteiger partial charge in [0.15, 0.2) is 6.10 Å². The molecule has 0 unspecified atom stereocenters. The van der Waals surface area contributed by atoms with Gasteiger partial charge in [-0.2, -0.15) is 0 Å². The Labute approximate surface area is 154 Å². The van der Waals surface area contributed by atoms with E-state index >= 15 is 0 Å². The number of ether oxygens (including phenoxy) is 1. The molecule has 0 fully saturated rings. The smallest absolute Gasteiger partial charge is 0.339 e. The van der Waals surface area contributed by atoms with Crippen molar-refractivity contribution in [3.8, 4) is 0 Å². The Morgan fingerprint density at radius 2 is 1.23 bits per heavy atom. The molecule has 0 spiro atoms. The monoisotopic (exact) mass is 340 g/mol. The van der Waals surface area contributed by atoms with Crippen LogP contribution in [0.5, 0.6) is 0 Å². The van der Waals surface area contributed by atoms with Crippen molar-refractivity contribution in [2.75, 3.05) is 0 Å². The summed E-state index contributed by atoms with van der Waals surface area (Å²) in [5, 5.41) is 0. The van der Waals surface area contributed by atoms with Crippen LogP contribution in [0.4, 0.5) is 0 Å². The summed E-state index contributed by atoms with van der Waals surface area (Å²) in [5.41, 5.74) is 3.14. The molecule has 0 aliphatic carbocycles. The zero-order chi connectivity index (χ0) is 18.2. The van der Waals surface area contributed by atoms with Gasteiger partial charge in [-0.1, -0.05) is 104 Å². The molecule has 0 aliphatic rings. The van der Waals surface area contributed by atoms with E-state index in [1.54, 1.807) is 12.2 Å². The summed E-state index contributed by atoms with van der Waals surface area (Å²) in [6, 6.07) is 29.0. The zero-order valence-electron chi connectivity index (χ0n) is 14.4. The molecule has 0 aromatic heterocycles. The second-order valence-electron chi connectivity index (χ2n) is 5.79. The number of allylic oxidation sites excluding steroid dienone is 2. The average Bonchev–Trinajstić information content (AvgIpc) is 2.72. The van der Waals surface area contributed by atoms with Gasteiger partial charge in [0.2, 0.25) is 0 Å². The van der Waals surface area contributed by atoms with Crippen molar-refractivity contribution < 1.29 is 9.53 Å². The largest absolute Gasteiger partial charge is 0.449 e. The molecule has 2 heteroatoms. The van der Waals surface area contributed by atoms with Crippen molar-refractivity contribution >= 4 is 11.5 Å². The molecule has 0 bridgehead atoms. The van der Waals surface area contributed by atoms with Crippen LogP contribution in [0.2, 0.25) is 0 Å². The van der Waals surface area contributed by atoms with Gasteiger partial charge in [0.05, 0.1) is 5.57 Å². The van der Waals surface area contributed by atoms with Crippen LogP contribution in [0.15, 0.2) is 110 Å². The van der Waals surface area contributed by atoms with Crippen LogP contribution in [0.25, 0.3) is 5.57 Å². The summed E-state index contributed by atoms with van der Waals surface area (Å²) in [6.45, 7) is 3.72. The van der Waals surface area contributed by atoms with E-state index in [2.05, 4.69) is 6.58 Å². The molecule has 0 N–H and O–H groups in total. The number of benzene rings is 3. The minimum absolute atomic E-state index is 0.381. The van der Waals surface area contributed by atoms with Crippen molar-refractivity contribution in [2.24, 2.45) is 0 Å². The highest BCUT2D eigenvalue weighted by atomic mass is 16.5. The van der Waals surface area contributed by atoms with Crippen LogP contribution in [0, 0.1) is 0 Å². The molecule has 2 nitrogen and oxygen atoms in total. The summed E-state index contributed by atoms with van der Waals surface area (Å²) in [6.07, 6.45) is 2.82. The Kier molecular flexibility index (Phi) is 5.79. The molecule has 0 radical (unpaired) electrons. The fourth-order valence-electron chi connectivity index (χ4n) is 2.77. The standard InChI is InChI=1S/C24H20O2/c1-2-12-22(19-13-6-3-7-14-19)24(25)26-23(20-15-8-4-9-16-20)21-17-10-5-11-18-21/h2-18,23H,1H2/b22-12+. The second kappa shape index (κ2) is 8.63. The van der Waals surface area contributed by atoms with Crippen molar-refractivity contribution in [3.05, 3.63) is 126 Å². The Morgan fingerprint density at radius 1 is 0.769 bits per heavy atom. The van der Waals surface area contributed by atoms with Crippen LogP contribution in [0.3, 0.4) is 0 Å². The van der Waals surface area contributed by atoms with Gasteiger partial charge in [0, 0.05) is 0 Å². The minimum Gasteiger partial charge on any atom is -0.449 e. The SMILES string of the molecule is C=C/C=C(/C(=O)OC(c1ccccc1)c1ccccc1)c1ccccc1. The van der Waals surface area contributed by atoms with Crippen molar-refractivity contribution in [1.82, 2.24) is 0 Å². The Hall–Kier alpha value is -3.39. The maximum absolute atomic E-state index is 13.0. The first-order chi connectivity index (χ1) is 12.8. The number of hydrogen-bond donors (Lipinski definition) is 0. The molecule has 0 heterocycles. The third kappa shape index (κ3) is 4.17. The topological polar surface area (TPSA) is 26.3 Å². The summed E-state index contributed by atoms with van der Waals surface area (Å²) in [4.78, 5) is 13.0. The molecule has 0 atom stereocenters. The van der Waals surface area contributed by atoms with Crippen LogP contribution in [-0.2, 0) is 9.53 Å². The molecule has 0 amide bonds. The fourth-order valence-corrected chi connectivity index (χ4v) is 2.77. The maximum Gasteiger partial charge on any atom is 0.339 e. The van der Waals surface area contributed by atoms with E-state index in [-0.39, 0.29) is 5.97 Å². The average molecular weight is 340 g/mol. The molecule has 0 saturated heterocycles. The predicted octanol–water partition coefficient (Wildman–Crippen LogP) is 5.59. The highest BCUT2D eigenvalue weighted by molar-refractivity contribution is 6.16. The van der Waals surface area contributed by atoms with Crippen LogP contribution >= 0.6 is 0 Å². The molecule has 3 aromatic rings. The number of hydrogen-bond acceptors (Lipinski definition) is 2. The quantitative estimate of drug-likeness (QED) is 0.332. The fraction of sp³-hybridized carbons (Fsp3) is 0.0417. The number of rotatable bonds is 6. The minimum atomic E-state index is -0.471. The molecule has 0 aliphatic heterocycles. The van der Waals surface area contributed by atoms with Crippen molar-refractivity contribution in [3.63, 3.8) is 0 Å². The van der Waals surface area contributed by atoms with E-state index in [1.807, 2.05) is 91.0 Å². The van der Waals surface area contributed by atoms with Gasteiger partial charge >= 0.3 is 5.97 Å². The zero-order valence-corrected chi connectivity index (χ0v) is 14.4. The number of carbonyl (C=O) groups is 1. The first-order valence-electron chi connectivity index (χ1n) is 8.48. The van der Waals surface area contributed by atoms with E-state index in [0.29, 0.717) is 5.57 Å². The molecule has 128 valence electrons. The predicted molar refractivity (Wildman–Crippen MR) is 105 cm³/mol. The van der Waals surface area contributed by atoms with Crippen LogP contribution in [0.1, 0.15) is 22.8 Å². The molecular weight excluding hydrogens is 320 g/mol. The van der Waals surface area contributed by atoms with Crippen LogP contribution < -0.4 is 0 Å². The first kappa shape index (κ1) is 17.4. The lowest BCUT2D eigenvalue weighted by Crippen LogP contribution is -2.14. The van der Waals surface area contributed by atoms with Crippen LogP contribution in [-0.4, -0.2) is 5.97 Å². The van der Waals surface area contributed by atoms with Crippen molar-refractivity contribution in [1.29, 1.82) is 0 Å². The Balaban J connectivity index is 1.94. The number of esters is 1. The van der Waals surface area contributed by atoms with Gasteiger partial charge in [-0.25, -0.2) is 4.79 Å². The lowest BCUT2D eigenvalue weighted by atomic mass is 10.0. The Bertz CT molecular complexity index is 842. The van der Waals surface area contributed by atoms with Gasteiger partial charge in [-0.3, -0.25) is 0 Å². The Morgan fingerprint density at radius 3 is 1.69 bits per heavy atom. The van der Waals surface area contributed by atoms with Crippen molar-refractivity contribution in [2.45, 2.75) is 6.10 Å². The molecular formula is C24H20O2. The lowest BCUT2D eigenvalue weighted by molar-refractivity contribution is -0.140. The van der Waals surface area contributed by atoms with E-state index < -0.39 is 6.10 Å². The van der Waals surface area contributed by atoms with Gasteiger partial charge in [0.25, 0.3) is 0 Å². The number of carbonyl (C=O) groups excluding carboxylic acids is 1. The van der Waals surface area contributed by atoms with E-state index in [4.69, 9.17) is 4.74 Å². The van der Waals surface area contributed by atoms with Gasteiger partial charge in [-0.05, 0) is 22.8 Å². The summed E-state index contributed by atoms with van der Waals surface area (Å²) in [7, 11) is 0. The third-order valence-electron chi connectivity index (χ3n) is 4.02. The summed E-state index contributed by atoms with van der Waals surface area (Å²) in [5.74, 6) is -0.381. The molecule has 3 rings (SSSR count). The van der Waals surface area contributed by atoms with E-state index in [1.165, 1.54) is 0 Å². The first-order valence-corrected chi connectivity index (χ1v) is 8.48. The van der Waals surface area contributed by atoms with Gasteiger partial charge < -0.3 is 4.74 Å². The van der Waals surface area contributed by atoms with E-state index in [9.17, 15) is 4.79 Å².